The van der Waals surface area contributed by atoms with Gasteiger partial charge in [0.25, 0.3) is 0 Å². The van der Waals surface area contributed by atoms with Crippen molar-refractivity contribution in [2.24, 2.45) is 17.4 Å². The van der Waals surface area contributed by atoms with Crippen molar-refractivity contribution in [3.63, 3.8) is 0 Å². The molecule has 0 radical (unpaired) electrons. The molecular weight excluding hydrogens is 454 g/mol. The lowest BCUT2D eigenvalue weighted by Crippen LogP contribution is -2.40. The van der Waals surface area contributed by atoms with Gasteiger partial charge in [0.15, 0.2) is 0 Å². The average Bonchev–Trinajstić information content (AvgIpc) is 3.29. The summed E-state index contributed by atoms with van der Waals surface area (Å²) in [6.45, 7) is 4.55. The molecule has 0 spiro atoms. The molecule has 3 rings (SSSR count). The molecule has 1 aliphatic carbocycles. The van der Waals surface area contributed by atoms with E-state index in [0.717, 1.165) is 54.3 Å². The van der Waals surface area contributed by atoms with Crippen molar-refractivity contribution >= 4 is 17.7 Å². The molecule has 1 fully saturated rings. The first kappa shape index (κ1) is 28.1. The fourth-order valence-corrected chi connectivity index (χ4v) is 5.22. The molecule has 7 N–H and O–H groups in total. The maximum Gasteiger partial charge on any atom is 0.308 e. The molecular formula is C24H41N5O4S. The van der Waals surface area contributed by atoms with Crippen molar-refractivity contribution < 1.29 is 19.4 Å². The molecule has 1 saturated carbocycles. The van der Waals surface area contributed by atoms with E-state index in [-0.39, 0.29) is 30.7 Å². The fraction of sp³-hybridized carbons (Fsp3) is 0.625. The van der Waals surface area contributed by atoms with Crippen LogP contribution in [0.15, 0.2) is 46.0 Å². The van der Waals surface area contributed by atoms with Crippen molar-refractivity contribution in [3.05, 3.63) is 46.0 Å². The van der Waals surface area contributed by atoms with Gasteiger partial charge in [0.05, 0.1) is 47.5 Å². The first-order valence-electron chi connectivity index (χ1n) is 11.8. The Hall–Kier alpha value is -2.14. The largest absolute Gasteiger partial charge is 0.487 e. The van der Waals surface area contributed by atoms with Crippen LogP contribution in [0.3, 0.4) is 0 Å². The number of allylic oxidation sites excluding steroid dienone is 1. The Balaban J connectivity index is 0.00000129. The molecule has 0 aromatic rings. The minimum Gasteiger partial charge on any atom is -0.487 e. The van der Waals surface area contributed by atoms with Crippen LogP contribution >= 0.6 is 11.8 Å². The van der Waals surface area contributed by atoms with Crippen LogP contribution < -0.4 is 22.1 Å². The van der Waals surface area contributed by atoms with Gasteiger partial charge in [-0.25, -0.2) is 0 Å². The number of nitrogens with two attached hydrogens (primary N) is 2. The standard InChI is InChI=1S/C23H36N4O3S.CH5NO/c1-5-7-16(12-27(3)4)19(24)21-20(22-18(13-30-21)25-14-31-22)26-17-10-8-15(9-11-17)23(28)29-6-2;2-1-3/h5,7,12,15,17,19,25-26H,6,8-11,13-14,24H2,1-4H3;3H,1-2H2/b7-5-,16-12+;. The number of hydrogen-bond donors (Lipinski definition) is 5. The van der Waals surface area contributed by atoms with Gasteiger partial charge in [0, 0.05) is 26.3 Å². The zero-order chi connectivity index (χ0) is 25.1. The van der Waals surface area contributed by atoms with Crippen LogP contribution in [0.4, 0.5) is 0 Å². The van der Waals surface area contributed by atoms with Gasteiger partial charge in [0.1, 0.15) is 12.4 Å². The van der Waals surface area contributed by atoms with Gasteiger partial charge in [-0.05, 0) is 45.1 Å². The normalized spacial score (nSPS) is 23.4. The highest BCUT2D eigenvalue weighted by Crippen LogP contribution is 2.38. The van der Waals surface area contributed by atoms with Crippen LogP contribution in [-0.2, 0) is 14.3 Å². The van der Waals surface area contributed by atoms with Crippen LogP contribution in [0.25, 0.3) is 0 Å². The van der Waals surface area contributed by atoms with Crippen molar-refractivity contribution in [2.75, 3.05) is 39.9 Å². The molecule has 34 heavy (non-hydrogen) atoms. The van der Waals surface area contributed by atoms with Gasteiger partial charge in [-0.2, -0.15) is 0 Å². The van der Waals surface area contributed by atoms with Gasteiger partial charge >= 0.3 is 5.97 Å². The van der Waals surface area contributed by atoms with Gasteiger partial charge in [-0.15, -0.1) is 11.8 Å². The molecule has 2 heterocycles. The van der Waals surface area contributed by atoms with Gasteiger partial charge < -0.3 is 41.6 Å². The molecule has 1 atom stereocenters. The Morgan fingerprint density at radius 3 is 2.65 bits per heavy atom. The molecule has 0 amide bonds. The fourth-order valence-electron chi connectivity index (χ4n) is 4.22. The van der Waals surface area contributed by atoms with E-state index in [1.54, 1.807) is 11.8 Å². The quantitative estimate of drug-likeness (QED) is 0.192. The highest BCUT2D eigenvalue weighted by molar-refractivity contribution is 8.03. The molecule has 9 nitrogen and oxygen atoms in total. The highest BCUT2D eigenvalue weighted by Gasteiger charge is 2.34. The number of carbonyl (C=O) groups excluding carboxylic acids is 1. The number of carbonyl (C=O) groups is 1. The molecule has 1 unspecified atom stereocenters. The summed E-state index contributed by atoms with van der Waals surface area (Å²) in [7, 11) is 3.98. The number of nitrogens with one attached hydrogen (secondary N) is 2. The lowest BCUT2D eigenvalue weighted by Gasteiger charge is -2.33. The van der Waals surface area contributed by atoms with E-state index in [0.29, 0.717) is 13.2 Å². The lowest BCUT2D eigenvalue weighted by atomic mass is 9.86. The van der Waals surface area contributed by atoms with Crippen LogP contribution in [0.5, 0.6) is 0 Å². The van der Waals surface area contributed by atoms with Crippen LogP contribution in [0.2, 0.25) is 0 Å². The van der Waals surface area contributed by atoms with Crippen LogP contribution in [0, 0.1) is 5.92 Å². The van der Waals surface area contributed by atoms with E-state index in [9.17, 15) is 4.79 Å². The summed E-state index contributed by atoms with van der Waals surface area (Å²) < 4.78 is 11.4. The first-order chi connectivity index (χ1) is 16.4. The molecule has 2 aliphatic heterocycles. The second-order valence-corrected chi connectivity index (χ2v) is 9.48. The van der Waals surface area contributed by atoms with Crippen LogP contribution in [0.1, 0.15) is 39.5 Å². The van der Waals surface area contributed by atoms with Crippen molar-refractivity contribution in [1.82, 2.24) is 15.5 Å². The Morgan fingerprint density at radius 1 is 1.38 bits per heavy atom. The minimum absolute atomic E-state index is 0.0120. The van der Waals surface area contributed by atoms with E-state index < -0.39 is 0 Å². The first-order valence-corrected chi connectivity index (χ1v) is 12.8. The van der Waals surface area contributed by atoms with Gasteiger partial charge in [-0.3, -0.25) is 4.79 Å². The molecule has 0 saturated heterocycles. The van der Waals surface area contributed by atoms with Gasteiger partial charge in [0.2, 0.25) is 0 Å². The van der Waals surface area contributed by atoms with Gasteiger partial charge in [-0.1, -0.05) is 12.2 Å². The summed E-state index contributed by atoms with van der Waals surface area (Å²) in [5.41, 5.74) is 14.2. The summed E-state index contributed by atoms with van der Waals surface area (Å²) in [6.07, 6.45) is 9.59. The number of thioether (sulfide) groups is 1. The molecule has 0 aromatic heterocycles. The average molecular weight is 496 g/mol. The Morgan fingerprint density at radius 2 is 2.06 bits per heavy atom. The molecule has 10 heteroatoms. The molecule has 3 aliphatic rings. The van der Waals surface area contributed by atoms with E-state index in [2.05, 4.69) is 16.4 Å². The third kappa shape index (κ3) is 7.69. The summed E-state index contributed by atoms with van der Waals surface area (Å²) in [5.74, 6) is 1.58. The minimum atomic E-state index is -0.368. The Labute approximate surface area is 207 Å². The highest BCUT2D eigenvalue weighted by atomic mass is 32.2. The van der Waals surface area contributed by atoms with E-state index in [1.165, 1.54) is 4.91 Å². The van der Waals surface area contributed by atoms with E-state index in [1.807, 2.05) is 51.2 Å². The Bertz CT molecular complexity index is 801. The predicted octanol–water partition coefficient (Wildman–Crippen LogP) is 1.69. The van der Waals surface area contributed by atoms with E-state index in [4.69, 9.17) is 20.3 Å². The lowest BCUT2D eigenvalue weighted by molar-refractivity contribution is -0.149. The molecule has 192 valence electrons. The number of esters is 1. The number of hydrogen-bond acceptors (Lipinski definition) is 10. The molecule has 0 bridgehead atoms. The SMILES string of the molecule is C/C=C\C(=C/N(C)C)C(N)C1=C(NC2CCC(C(=O)OCC)CC2)C2=C(CO1)NCS2.NCO. The zero-order valence-electron chi connectivity index (χ0n) is 20.8. The third-order valence-electron chi connectivity index (χ3n) is 5.73. The summed E-state index contributed by atoms with van der Waals surface area (Å²) in [5, 5.41) is 14.5. The maximum absolute atomic E-state index is 12.1. The van der Waals surface area contributed by atoms with Crippen molar-refractivity contribution in [1.29, 1.82) is 0 Å². The summed E-state index contributed by atoms with van der Waals surface area (Å²) in [6, 6.07) is -0.0882. The topological polar surface area (TPSA) is 135 Å². The van der Waals surface area contributed by atoms with E-state index >= 15 is 0 Å². The second-order valence-electron chi connectivity index (χ2n) is 8.50. The molecule has 0 aromatic carbocycles. The number of aliphatic hydroxyl groups excluding tert-OH is 1. The monoisotopic (exact) mass is 495 g/mol. The summed E-state index contributed by atoms with van der Waals surface area (Å²) in [4.78, 5) is 15.3. The van der Waals surface area contributed by atoms with Crippen molar-refractivity contribution in [3.8, 4) is 0 Å². The smallest absolute Gasteiger partial charge is 0.308 e. The number of ether oxygens (including phenoxy) is 2. The number of rotatable bonds is 8. The summed E-state index contributed by atoms with van der Waals surface area (Å²) >= 11 is 1.79. The van der Waals surface area contributed by atoms with Crippen molar-refractivity contribution in [2.45, 2.75) is 51.6 Å². The number of nitrogens with zero attached hydrogens (tertiary/aromatic N) is 1. The zero-order valence-corrected chi connectivity index (χ0v) is 21.6. The number of aliphatic hydroxyl groups is 1. The Kier molecular flexibility index (Phi) is 11.8. The van der Waals surface area contributed by atoms with Crippen LogP contribution in [-0.4, -0.2) is 68.0 Å². The maximum atomic E-state index is 12.1. The predicted molar refractivity (Wildman–Crippen MR) is 137 cm³/mol. The second kappa shape index (κ2) is 14.3. The third-order valence-corrected chi connectivity index (χ3v) is 6.75.